The number of carbonyl (C=O) groups is 2. The summed E-state index contributed by atoms with van der Waals surface area (Å²) in [6, 6.07) is 19.6. The number of Topliss-reactive ketones (excluding diaryl/α,β-unsaturated/α-hetero) is 1. The Bertz CT molecular complexity index is 1070. The van der Waals surface area contributed by atoms with E-state index in [9.17, 15) is 14.7 Å². The van der Waals surface area contributed by atoms with E-state index in [2.05, 4.69) is 15.9 Å². The average molecular weight is 452 g/mol. The number of ketones is 1. The molecule has 1 aliphatic heterocycles. The van der Waals surface area contributed by atoms with Crippen molar-refractivity contribution < 1.29 is 19.1 Å². The number of rotatable bonds is 6. The van der Waals surface area contributed by atoms with E-state index in [-0.39, 0.29) is 11.3 Å². The highest BCUT2D eigenvalue weighted by atomic mass is 79.9. The van der Waals surface area contributed by atoms with Crippen LogP contribution in [0.4, 0.5) is 0 Å². The van der Waals surface area contributed by atoms with Crippen molar-refractivity contribution in [3.8, 4) is 0 Å². The molecule has 2 heterocycles. The average Bonchev–Trinajstić information content (AvgIpc) is 3.35. The van der Waals surface area contributed by atoms with Crippen molar-refractivity contribution in [1.82, 2.24) is 4.90 Å². The predicted molar refractivity (Wildman–Crippen MR) is 111 cm³/mol. The summed E-state index contributed by atoms with van der Waals surface area (Å²) in [5.41, 5.74) is 1.84. The molecule has 3 aromatic rings. The third-order valence-corrected chi connectivity index (χ3v) is 5.44. The first-order valence-electron chi connectivity index (χ1n) is 9.18. The molecule has 2 aromatic carbocycles. The van der Waals surface area contributed by atoms with Crippen molar-refractivity contribution in [3.05, 3.63) is 106 Å². The number of halogens is 1. The lowest BCUT2D eigenvalue weighted by atomic mass is 9.95. The first-order valence-corrected chi connectivity index (χ1v) is 9.97. The Kier molecular flexibility index (Phi) is 5.36. The number of carbonyl (C=O) groups excluding carboxylic acids is 2. The molecule has 1 aromatic heterocycles. The third kappa shape index (κ3) is 3.76. The summed E-state index contributed by atoms with van der Waals surface area (Å²) in [6.07, 6.45) is 2.00. The van der Waals surface area contributed by atoms with Gasteiger partial charge < -0.3 is 14.4 Å². The minimum Gasteiger partial charge on any atom is -0.503 e. The topological polar surface area (TPSA) is 70.8 Å². The Balaban J connectivity index is 1.73. The monoisotopic (exact) mass is 451 g/mol. The Labute approximate surface area is 176 Å². The van der Waals surface area contributed by atoms with E-state index < -0.39 is 23.5 Å². The molecular weight excluding hydrogens is 434 g/mol. The maximum atomic E-state index is 13.1. The first kappa shape index (κ1) is 19.2. The maximum absolute atomic E-state index is 13.1. The fourth-order valence-electron chi connectivity index (χ4n) is 3.57. The maximum Gasteiger partial charge on any atom is 0.290 e. The zero-order valence-corrected chi connectivity index (χ0v) is 17.0. The lowest BCUT2D eigenvalue weighted by Gasteiger charge is -2.27. The van der Waals surface area contributed by atoms with Crippen LogP contribution in [0.5, 0.6) is 0 Å². The van der Waals surface area contributed by atoms with E-state index in [4.69, 9.17) is 4.42 Å². The van der Waals surface area contributed by atoms with Gasteiger partial charge in [-0.2, -0.15) is 0 Å². The van der Waals surface area contributed by atoms with Gasteiger partial charge in [-0.25, -0.2) is 0 Å². The van der Waals surface area contributed by atoms with Crippen LogP contribution in [0.2, 0.25) is 0 Å². The molecule has 1 amide bonds. The normalized spacial score (nSPS) is 16.5. The van der Waals surface area contributed by atoms with Gasteiger partial charge in [-0.15, -0.1) is 0 Å². The molecule has 0 saturated carbocycles. The molecule has 6 heteroatoms. The smallest absolute Gasteiger partial charge is 0.290 e. The zero-order valence-electron chi connectivity index (χ0n) is 15.4. The molecule has 0 aliphatic carbocycles. The number of furan rings is 1. The third-order valence-electron chi connectivity index (χ3n) is 4.94. The molecule has 0 radical (unpaired) electrons. The molecule has 4 rings (SSSR count). The van der Waals surface area contributed by atoms with Gasteiger partial charge in [0.1, 0.15) is 0 Å². The molecule has 1 unspecified atom stereocenters. The second-order valence-corrected chi connectivity index (χ2v) is 7.68. The molecule has 1 N–H and O–H groups in total. The van der Waals surface area contributed by atoms with Crippen LogP contribution in [-0.4, -0.2) is 28.2 Å². The molecule has 0 spiro atoms. The van der Waals surface area contributed by atoms with E-state index in [1.165, 1.54) is 12.3 Å². The predicted octanol–water partition coefficient (Wildman–Crippen LogP) is 4.86. The summed E-state index contributed by atoms with van der Waals surface area (Å²) in [7, 11) is 0. The van der Waals surface area contributed by atoms with Crippen LogP contribution in [0.3, 0.4) is 0 Å². The highest BCUT2D eigenvalue weighted by molar-refractivity contribution is 9.10. The van der Waals surface area contributed by atoms with Crippen LogP contribution in [-0.2, 0) is 11.2 Å². The standard InChI is InChI=1S/C23H18BrNO4/c24-17-9-4-8-16(14-17)20-19(21(26)18-10-5-13-29-18)22(27)23(28)25(20)12-11-15-6-2-1-3-7-15/h1-10,13-14,20,27H,11-12H2. The minimum absolute atomic E-state index is 0.0381. The van der Waals surface area contributed by atoms with Crippen molar-refractivity contribution in [2.24, 2.45) is 0 Å². The summed E-state index contributed by atoms with van der Waals surface area (Å²) in [5.74, 6) is -1.48. The number of hydrogen-bond acceptors (Lipinski definition) is 4. The highest BCUT2D eigenvalue weighted by Crippen LogP contribution is 2.39. The molecule has 0 saturated heterocycles. The number of hydrogen-bond donors (Lipinski definition) is 1. The summed E-state index contributed by atoms with van der Waals surface area (Å²) < 4.78 is 6.05. The molecule has 146 valence electrons. The van der Waals surface area contributed by atoms with Crippen molar-refractivity contribution >= 4 is 27.6 Å². The van der Waals surface area contributed by atoms with Gasteiger partial charge in [-0.3, -0.25) is 9.59 Å². The van der Waals surface area contributed by atoms with Crippen molar-refractivity contribution in [3.63, 3.8) is 0 Å². The van der Waals surface area contributed by atoms with Crippen molar-refractivity contribution in [2.45, 2.75) is 12.5 Å². The molecule has 1 atom stereocenters. The molecule has 0 bridgehead atoms. The van der Waals surface area contributed by atoms with Gasteiger partial charge >= 0.3 is 0 Å². The lowest BCUT2D eigenvalue weighted by molar-refractivity contribution is -0.129. The number of nitrogens with zero attached hydrogens (tertiary/aromatic N) is 1. The van der Waals surface area contributed by atoms with E-state index in [1.807, 2.05) is 54.6 Å². The van der Waals surface area contributed by atoms with Crippen LogP contribution in [0, 0.1) is 0 Å². The Morgan fingerprint density at radius 1 is 1.07 bits per heavy atom. The van der Waals surface area contributed by atoms with Gasteiger partial charge in [0.2, 0.25) is 5.78 Å². The fraction of sp³-hybridized carbons (Fsp3) is 0.130. The van der Waals surface area contributed by atoms with Crippen molar-refractivity contribution in [1.29, 1.82) is 0 Å². The lowest BCUT2D eigenvalue weighted by Crippen LogP contribution is -2.33. The first-order chi connectivity index (χ1) is 14.1. The number of aliphatic hydroxyl groups excluding tert-OH is 1. The van der Waals surface area contributed by atoms with Gasteiger partial charge in [-0.05, 0) is 41.8 Å². The summed E-state index contributed by atoms with van der Waals surface area (Å²) in [6.45, 7) is 0.360. The van der Waals surface area contributed by atoms with Gasteiger partial charge in [0, 0.05) is 11.0 Å². The largest absolute Gasteiger partial charge is 0.503 e. The van der Waals surface area contributed by atoms with Crippen LogP contribution < -0.4 is 0 Å². The molecule has 1 aliphatic rings. The Hall–Kier alpha value is -3.12. The van der Waals surface area contributed by atoms with E-state index >= 15 is 0 Å². The second-order valence-electron chi connectivity index (χ2n) is 6.76. The van der Waals surface area contributed by atoms with Crippen LogP contribution in [0.1, 0.15) is 27.7 Å². The zero-order chi connectivity index (χ0) is 20.4. The van der Waals surface area contributed by atoms with Crippen LogP contribution in [0.15, 0.2) is 93.2 Å². The van der Waals surface area contributed by atoms with E-state index in [0.717, 1.165) is 15.6 Å². The van der Waals surface area contributed by atoms with Crippen LogP contribution in [0.25, 0.3) is 0 Å². The van der Waals surface area contributed by atoms with Crippen molar-refractivity contribution in [2.75, 3.05) is 6.54 Å². The Morgan fingerprint density at radius 3 is 2.55 bits per heavy atom. The molecule has 5 nitrogen and oxygen atoms in total. The van der Waals surface area contributed by atoms with E-state index in [1.54, 1.807) is 11.0 Å². The van der Waals surface area contributed by atoms with E-state index in [0.29, 0.717) is 13.0 Å². The molecule has 29 heavy (non-hydrogen) atoms. The quantitative estimate of drug-likeness (QED) is 0.543. The second kappa shape index (κ2) is 8.09. The summed E-state index contributed by atoms with van der Waals surface area (Å²) in [4.78, 5) is 27.5. The fourth-order valence-corrected chi connectivity index (χ4v) is 3.99. The van der Waals surface area contributed by atoms with Gasteiger partial charge in [-0.1, -0.05) is 58.4 Å². The SMILES string of the molecule is O=C(C1=C(O)C(=O)N(CCc2ccccc2)C1c1cccc(Br)c1)c1ccco1. The van der Waals surface area contributed by atoms with Gasteiger partial charge in [0.25, 0.3) is 5.91 Å². The number of benzene rings is 2. The van der Waals surface area contributed by atoms with Crippen LogP contribution >= 0.6 is 15.9 Å². The molecular formula is C23H18BrNO4. The molecule has 0 fully saturated rings. The van der Waals surface area contributed by atoms with Gasteiger partial charge in [0.15, 0.2) is 11.5 Å². The number of aliphatic hydroxyl groups is 1. The summed E-state index contributed by atoms with van der Waals surface area (Å²) in [5, 5.41) is 10.6. The summed E-state index contributed by atoms with van der Waals surface area (Å²) >= 11 is 3.45. The minimum atomic E-state index is -0.693. The Morgan fingerprint density at radius 2 is 1.86 bits per heavy atom. The number of amides is 1. The highest BCUT2D eigenvalue weighted by Gasteiger charge is 2.44. The van der Waals surface area contributed by atoms with Gasteiger partial charge in [0.05, 0.1) is 17.9 Å².